The van der Waals surface area contributed by atoms with Crippen molar-refractivity contribution >= 4 is 12.0 Å². The fraction of sp³-hybridized carbons (Fsp3) is 0.333. The van der Waals surface area contributed by atoms with E-state index < -0.39 is 11.5 Å². The zero-order chi connectivity index (χ0) is 15.8. The van der Waals surface area contributed by atoms with Crippen molar-refractivity contribution < 1.29 is 24.3 Å². The summed E-state index contributed by atoms with van der Waals surface area (Å²) >= 11 is 0. The van der Waals surface area contributed by atoms with Gasteiger partial charge in [-0.15, -0.1) is 0 Å². The molecule has 6 nitrogen and oxygen atoms in total. The first-order valence-electron chi connectivity index (χ1n) is 6.41. The van der Waals surface area contributed by atoms with E-state index in [1.165, 1.54) is 18.1 Å². The van der Waals surface area contributed by atoms with Gasteiger partial charge in [0.2, 0.25) is 0 Å². The topological polar surface area (TPSA) is 86.8 Å². The van der Waals surface area contributed by atoms with Crippen LogP contribution in [0, 0.1) is 11.3 Å². The maximum Gasteiger partial charge on any atom is 0.162 e. The molecule has 1 N–H and O–H groups in total. The maximum absolute atomic E-state index is 10.7. The Morgan fingerprint density at radius 3 is 2.67 bits per heavy atom. The number of carboxylic acids is 1. The Hall–Kier alpha value is -2.52. The van der Waals surface area contributed by atoms with E-state index in [-0.39, 0.29) is 0 Å². The van der Waals surface area contributed by atoms with Crippen LogP contribution in [0.4, 0.5) is 0 Å². The lowest BCUT2D eigenvalue weighted by Gasteiger charge is -2.13. The van der Waals surface area contributed by atoms with E-state index in [4.69, 9.17) is 14.7 Å². The van der Waals surface area contributed by atoms with Gasteiger partial charge in [-0.1, -0.05) is 6.07 Å². The van der Waals surface area contributed by atoms with Crippen molar-refractivity contribution in [1.29, 1.82) is 5.26 Å². The normalized spacial score (nSPS) is 11.1. The molecule has 112 valence electrons. The Morgan fingerprint density at radius 2 is 2.14 bits per heavy atom. The van der Waals surface area contributed by atoms with Crippen molar-refractivity contribution in [3.05, 3.63) is 29.3 Å². The molecule has 0 heterocycles. The summed E-state index contributed by atoms with van der Waals surface area (Å²) in [5.74, 6) is -0.456. The number of hydrogen-bond donors (Lipinski definition) is 1. The van der Waals surface area contributed by atoms with Crippen LogP contribution in [0.2, 0.25) is 0 Å². The van der Waals surface area contributed by atoms with Gasteiger partial charge in [-0.05, 0) is 23.8 Å². The number of benzene rings is 1. The van der Waals surface area contributed by atoms with Crippen molar-refractivity contribution in [2.75, 3.05) is 34.4 Å². The van der Waals surface area contributed by atoms with Crippen LogP contribution in [0.25, 0.3) is 6.08 Å². The largest absolute Gasteiger partial charge is 0.544 e. The fourth-order valence-electron chi connectivity index (χ4n) is 1.56. The number of ether oxygens (including phenoxy) is 2. The van der Waals surface area contributed by atoms with Crippen molar-refractivity contribution in [3.63, 3.8) is 0 Å². The zero-order valence-corrected chi connectivity index (χ0v) is 12.3. The summed E-state index contributed by atoms with van der Waals surface area (Å²) in [6.07, 6.45) is 1.23. The van der Waals surface area contributed by atoms with Crippen LogP contribution in [0.1, 0.15) is 5.56 Å². The molecule has 0 amide bonds. The second-order valence-corrected chi connectivity index (χ2v) is 4.67. The van der Waals surface area contributed by atoms with Gasteiger partial charge in [0.25, 0.3) is 0 Å². The van der Waals surface area contributed by atoms with Gasteiger partial charge in [0.1, 0.15) is 19.2 Å². The van der Waals surface area contributed by atoms with E-state index >= 15 is 0 Å². The molecule has 21 heavy (non-hydrogen) atoms. The van der Waals surface area contributed by atoms with Gasteiger partial charge >= 0.3 is 0 Å². The number of nitriles is 1. The van der Waals surface area contributed by atoms with Gasteiger partial charge in [-0.25, -0.2) is 0 Å². The summed E-state index contributed by atoms with van der Waals surface area (Å²) in [6, 6.07) is 6.51. The molecule has 0 unspecified atom stereocenters. The lowest BCUT2D eigenvalue weighted by molar-refractivity contribution is -0.858. The predicted molar refractivity (Wildman–Crippen MR) is 74.8 cm³/mol. The average Bonchev–Trinajstić information content (AvgIpc) is 2.44. The minimum Gasteiger partial charge on any atom is -0.544 e. The number of rotatable bonds is 7. The van der Waals surface area contributed by atoms with E-state index in [2.05, 4.69) is 0 Å². The molecular weight excluding hydrogens is 272 g/mol. The Balaban J connectivity index is 2.99. The number of hydrogen-bond acceptors (Lipinski definition) is 5. The molecule has 0 fully saturated rings. The number of carbonyl (C=O) groups is 1. The summed E-state index contributed by atoms with van der Waals surface area (Å²) < 4.78 is 10.8. The molecule has 0 aliphatic heterocycles. The summed E-state index contributed by atoms with van der Waals surface area (Å²) in [6.45, 7) is 1.31. The number of aliphatic carboxylic acids is 1. The fourth-order valence-corrected chi connectivity index (χ4v) is 1.56. The number of methoxy groups -OCH3 is 1. The minimum absolute atomic E-state index is 0.441. The summed E-state index contributed by atoms with van der Waals surface area (Å²) in [5.41, 5.74) is 0.0904. The van der Waals surface area contributed by atoms with Gasteiger partial charge in [0, 0.05) is 0 Å². The number of carboxylic acid groups (broad SMARTS) is 1. The highest BCUT2D eigenvalue weighted by molar-refractivity contribution is 5.95. The molecule has 0 spiro atoms. The Kier molecular flexibility index (Phi) is 6.24. The average molecular weight is 290 g/mol. The first kappa shape index (κ1) is 16.5. The van der Waals surface area contributed by atoms with Crippen molar-refractivity contribution in [2.24, 2.45) is 0 Å². The highest BCUT2D eigenvalue weighted by atomic mass is 16.5. The van der Waals surface area contributed by atoms with Crippen LogP contribution in [0.3, 0.4) is 0 Å². The highest BCUT2D eigenvalue weighted by Gasteiger charge is 2.07. The van der Waals surface area contributed by atoms with Gasteiger partial charge < -0.3 is 24.3 Å². The van der Waals surface area contributed by atoms with Crippen LogP contribution in [-0.4, -0.2) is 40.3 Å². The Labute approximate surface area is 123 Å². The molecule has 0 aromatic heterocycles. The second kappa shape index (κ2) is 7.92. The lowest BCUT2D eigenvalue weighted by Crippen LogP contribution is -3.06. The van der Waals surface area contributed by atoms with Gasteiger partial charge in [-0.3, -0.25) is 0 Å². The molecule has 0 aliphatic rings. The van der Waals surface area contributed by atoms with Gasteiger partial charge in [-0.2, -0.15) is 5.26 Å². The van der Waals surface area contributed by atoms with Crippen LogP contribution >= 0.6 is 0 Å². The highest BCUT2D eigenvalue weighted by Crippen LogP contribution is 2.28. The first-order chi connectivity index (χ1) is 9.97. The Morgan fingerprint density at radius 1 is 1.43 bits per heavy atom. The molecule has 1 aromatic carbocycles. The van der Waals surface area contributed by atoms with E-state index in [0.717, 1.165) is 6.54 Å². The van der Waals surface area contributed by atoms with Crippen molar-refractivity contribution in [1.82, 2.24) is 0 Å². The summed E-state index contributed by atoms with van der Waals surface area (Å²) in [7, 11) is 5.55. The number of quaternary nitrogens is 1. The summed E-state index contributed by atoms with van der Waals surface area (Å²) in [5, 5.41) is 19.5. The van der Waals surface area contributed by atoms with Crippen LogP contribution in [-0.2, 0) is 4.79 Å². The third-order valence-electron chi connectivity index (χ3n) is 2.70. The second-order valence-electron chi connectivity index (χ2n) is 4.67. The number of nitrogens with zero attached hydrogens (tertiary/aromatic N) is 1. The third kappa shape index (κ3) is 5.16. The molecule has 0 atom stereocenters. The standard InChI is InChI=1S/C15H18N2O4/c1-17(2)6-7-21-14-9-11(4-5-13(14)20-3)8-12(10-16)15(18)19/h4-5,8-9H,6-7H2,1-3H3,(H,18,19)/b12-8+. The van der Waals surface area contributed by atoms with Crippen LogP contribution < -0.4 is 19.5 Å². The molecule has 0 bridgehead atoms. The van der Waals surface area contributed by atoms with E-state index in [1.54, 1.807) is 24.3 Å². The molecular formula is C15H18N2O4. The lowest BCUT2D eigenvalue weighted by atomic mass is 10.1. The third-order valence-corrected chi connectivity index (χ3v) is 2.70. The number of nitrogens with one attached hydrogen (secondary N) is 1. The predicted octanol–water partition coefficient (Wildman–Crippen LogP) is -1.12. The maximum atomic E-state index is 10.7. The molecule has 0 saturated heterocycles. The monoisotopic (exact) mass is 290 g/mol. The number of likely N-dealkylation sites (N-methyl/N-ethyl adjacent to an activating group) is 1. The smallest absolute Gasteiger partial charge is 0.162 e. The van der Waals surface area contributed by atoms with Gasteiger partial charge in [0.05, 0.1) is 32.7 Å². The Bertz CT molecular complexity index is 574. The van der Waals surface area contributed by atoms with E-state index in [9.17, 15) is 9.90 Å². The van der Waals surface area contributed by atoms with Crippen molar-refractivity contribution in [3.8, 4) is 17.6 Å². The first-order valence-corrected chi connectivity index (χ1v) is 6.41. The summed E-state index contributed by atoms with van der Waals surface area (Å²) in [4.78, 5) is 12.0. The molecule has 0 radical (unpaired) electrons. The van der Waals surface area contributed by atoms with E-state index in [1.807, 2.05) is 14.1 Å². The SMILES string of the molecule is COc1ccc(/C=C(\C#N)C(=O)[O-])cc1OCC[NH+](C)C. The molecule has 6 heteroatoms. The zero-order valence-electron chi connectivity index (χ0n) is 12.3. The molecule has 1 aromatic rings. The molecule has 1 rings (SSSR count). The van der Waals surface area contributed by atoms with Crippen molar-refractivity contribution in [2.45, 2.75) is 0 Å². The van der Waals surface area contributed by atoms with Crippen LogP contribution in [0.5, 0.6) is 11.5 Å². The number of carbonyl (C=O) groups excluding carboxylic acids is 1. The van der Waals surface area contributed by atoms with Gasteiger partial charge in [0.15, 0.2) is 11.5 Å². The molecule has 0 saturated carbocycles. The minimum atomic E-state index is -1.51. The quantitative estimate of drug-likeness (QED) is 0.507. The van der Waals surface area contributed by atoms with Crippen LogP contribution in [0.15, 0.2) is 23.8 Å². The van der Waals surface area contributed by atoms with E-state index in [0.29, 0.717) is 23.7 Å². The molecule has 0 aliphatic carbocycles.